The molecule has 8 nitrogen and oxygen atoms in total. The lowest BCUT2D eigenvalue weighted by molar-refractivity contribution is -0.302. The van der Waals surface area contributed by atoms with E-state index in [9.17, 15) is 24.6 Å². The van der Waals surface area contributed by atoms with Gasteiger partial charge in [-0.1, -0.05) is 20.8 Å². The van der Waals surface area contributed by atoms with Gasteiger partial charge in [-0.3, -0.25) is 4.79 Å². The van der Waals surface area contributed by atoms with Gasteiger partial charge in [0.1, 0.15) is 5.60 Å². The smallest absolute Gasteiger partial charge is 0.344 e. The van der Waals surface area contributed by atoms with Crippen LogP contribution in [-0.4, -0.2) is 58.1 Å². The Kier molecular flexibility index (Phi) is 6.21. The van der Waals surface area contributed by atoms with Gasteiger partial charge in [0.15, 0.2) is 13.2 Å². The van der Waals surface area contributed by atoms with Crippen LogP contribution in [-0.2, 0) is 28.6 Å². The molecular weight excluding hydrogens is 404 g/mol. The average Bonchev–Trinajstić information content (AvgIpc) is 2.60. The van der Waals surface area contributed by atoms with Crippen molar-refractivity contribution in [2.45, 2.75) is 89.9 Å². The van der Waals surface area contributed by atoms with Gasteiger partial charge in [-0.05, 0) is 51.4 Å². The van der Waals surface area contributed by atoms with Crippen LogP contribution in [0, 0.1) is 23.2 Å². The number of ether oxygens (including phenoxy) is 3. The van der Waals surface area contributed by atoms with Crippen molar-refractivity contribution in [1.82, 2.24) is 0 Å². The number of hydrogen-bond acceptors (Lipinski definition) is 8. The minimum atomic E-state index is -1.07. The maximum Gasteiger partial charge on any atom is 0.344 e. The standard InChI is InChI=1S/C23H36O8/c1-6-20(4,5)19(26)30-10-16(24)29-11-17(25)31-23-9-15-7-21(27,13-23)12-22(28,8-15)18(23)14(2)3/h14-15,18,27-28H,6-13H2,1-5H3. The van der Waals surface area contributed by atoms with Crippen LogP contribution in [0.25, 0.3) is 0 Å². The first-order valence-electron chi connectivity index (χ1n) is 11.2. The molecule has 4 fully saturated rings. The number of hydrogen-bond donors (Lipinski definition) is 2. The van der Waals surface area contributed by atoms with Gasteiger partial charge in [-0.2, -0.15) is 0 Å². The van der Waals surface area contributed by atoms with Gasteiger partial charge < -0.3 is 24.4 Å². The molecule has 4 aliphatic rings. The Morgan fingerprint density at radius 3 is 2.23 bits per heavy atom. The Bertz CT molecular complexity index is 746. The zero-order valence-electron chi connectivity index (χ0n) is 19.2. The molecule has 0 spiro atoms. The van der Waals surface area contributed by atoms with Gasteiger partial charge in [0, 0.05) is 18.8 Å². The maximum atomic E-state index is 12.6. The summed E-state index contributed by atoms with van der Waals surface area (Å²) < 4.78 is 15.8. The first-order chi connectivity index (χ1) is 14.2. The van der Waals surface area contributed by atoms with Crippen LogP contribution in [0.15, 0.2) is 0 Å². The molecule has 4 aliphatic carbocycles. The van der Waals surface area contributed by atoms with E-state index in [1.807, 2.05) is 20.8 Å². The number of carbonyl (C=O) groups is 3. The van der Waals surface area contributed by atoms with Crippen molar-refractivity contribution in [2.75, 3.05) is 13.2 Å². The van der Waals surface area contributed by atoms with Crippen LogP contribution in [0.2, 0.25) is 0 Å². The molecule has 0 amide bonds. The summed E-state index contributed by atoms with van der Waals surface area (Å²) in [5, 5.41) is 22.3. The minimum Gasteiger partial charge on any atom is -0.456 e. The molecule has 0 aromatic carbocycles. The summed E-state index contributed by atoms with van der Waals surface area (Å²) in [7, 11) is 0. The van der Waals surface area contributed by atoms with Crippen LogP contribution in [0.4, 0.5) is 0 Å². The SMILES string of the molecule is CCC(C)(C)C(=O)OCC(=O)OCC(=O)OC12CC3CC(O)(CC(O)(C3)C1C(C)C)C2. The Morgan fingerprint density at radius 1 is 1.00 bits per heavy atom. The predicted molar refractivity (Wildman–Crippen MR) is 110 cm³/mol. The third-order valence-corrected chi connectivity index (χ3v) is 7.45. The molecule has 31 heavy (non-hydrogen) atoms. The summed E-state index contributed by atoms with van der Waals surface area (Å²) in [4.78, 5) is 36.4. The quantitative estimate of drug-likeness (QED) is 0.435. The number of carbonyl (C=O) groups excluding carboxylic acids is 3. The molecule has 0 aromatic heterocycles. The lowest BCUT2D eigenvalue weighted by Gasteiger charge is -2.67. The van der Waals surface area contributed by atoms with E-state index < -0.39 is 53.3 Å². The molecule has 5 atom stereocenters. The summed E-state index contributed by atoms with van der Waals surface area (Å²) in [5.41, 5.74) is -3.79. The second kappa shape index (κ2) is 8.03. The normalized spacial score (nSPS) is 36.4. The molecule has 4 rings (SSSR count). The van der Waals surface area contributed by atoms with Crippen LogP contribution in [0.5, 0.6) is 0 Å². The van der Waals surface area contributed by atoms with Gasteiger partial charge in [-0.25, -0.2) is 9.59 Å². The number of aliphatic hydroxyl groups is 2. The largest absolute Gasteiger partial charge is 0.456 e. The summed E-state index contributed by atoms with van der Waals surface area (Å²) in [6, 6.07) is 0. The highest BCUT2D eigenvalue weighted by Crippen LogP contribution is 2.64. The zero-order valence-corrected chi connectivity index (χ0v) is 19.2. The van der Waals surface area contributed by atoms with E-state index in [1.165, 1.54) is 0 Å². The van der Waals surface area contributed by atoms with Crippen molar-refractivity contribution < 1.29 is 38.8 Å². The van der Waals surface area contributed by atoms with Crippen LogP contribution in [0.3, 0.4) is 0 Å². The maximum absolute atomic E-state index is 12.6. The second-order valence-corrected chi connectivity index (χ2v) is 10.9. The molecule has 0 radical (unpaired) electrons. The Labute approximate surface area is 183 Å². The van der Waals surface area contributed by atoms with Gasteiger partial charge in [0.2, 0.25) is 0 Å². The molecule has 2 N–H and O–H groups in total. The van der Waals surface area contributed by atoms with Crippen molar-refractivity contribution in [3.63, 3.8) is 0 Å². The topological polar surface area (TPSA) is 119 Å². The van der Waals surface area contributed by atoms with Gasteiger partial charge in [0.05, 0.1) is 16.6 Å². The molecule has 4 bridgehead atoms. The van der Waals surface area contributed by atoms with Crippen molar-refractivity contribution in [1.29, 1.82) is 0 Å². The van der Waals surface area contributed by atoms with E-state index in [1.54, 1.807) is 13.8 Å². The van der Waals surface area contributed by atoms with Crippen molar-refractivity contribution in [2.24, 2.45) is 23.2 Å². The van der Waals surface area contributed by atoms with Gasteiger partial charge in [-0.15, -0.1) is 0 Å². The van der Waals surface area contributed by atoms with Gasteiger partial charge in [0.25, 0.3) is 0 Å². The van der Waals surface area contributed by atoms with Crippen molar-refractivity contribution in [3.8, 4) is 0 Å². The lowest BCUT2D eigenvalue weighted by Crippen LogP contribution is -2.73. The molecular formula is C23H36O8. The van der Waals surface area contributed by atoms with Gasteiger partial charge >= 0.3 is 17.9 Å². The highest BCUT2D eigenvalue weighted by atomic mass is 16.6. The minimum absolute atomic E-state index is 0.0466. The summed E-state index contributed by atoms with van der Waals surface area (Å²) in [6.45, 7) is 8.07. The monoisotopic (exact) mass is 440 g/mol. The summed E-state index contributed by atoms with van der Waals surface area (Å²) in [6.07, 6.45) is 2.94. The van der Waals surface area contributed by atoms with E-state index in [0.29, 0.717) is 32.1 Å². The van der Waals surface area contributed by atoms with E-state index in [0.717, 1.165) is 0 Å². The highest BCUT2D eigenvalue weighted by Gasteiger charge is 2.70. The lowest BCUT2D eigenvalue weighted by atomic mass is 9.44. The van der Waals surface area contributed by atoms with Crippen molar-refractivity contribution >= 4 is 17.9 Å². The fraction of sp³-hybridized carbons (Fsp3) is 0.870. The number of rotatable bonds is 8. The van der Waals surface area contributed by atoms with Crippen molar-refractivity contribution in [3.05, 3.63) is 0 Å². The molecule has 8 heteroatoms. The first-order valence-corrected chi connectivity index (χ1v) is 11.2. The van der Waals surface area contributed by atoms with Crippen LogP contribution in [0.1, 0.15) is 73.1 Å². The third-order valence-electron chi connectivity index (χ3n) is 7.45. The van der Waals surface area contributed by atoms with Crippen LogP contribution >= 0.6 is 0 Å². The van der Waals surface area contributed by atoms with Crippen LogP contribution < -0.4 is 0 Å². The Balaban J connectivity index is 1.59. The average molecular weight is 441 g/mol. The summed E-state index contributed by atoms with van der Waals surface area (Å²) in [5.74, 6) is -2.23. The fourth-order valence-electron chi connectivity index (χ4n) is 6.45. The molecule has 5 unspecified atom stereocenters. The molecule has 0 saturated heterocycles. The highest BCUT2D eigenvalue weighted by molar-refractivity contribution is 5.81. The first kappa shape index (κ1) is 24.0. The molecule has 0 aliphatic heterocycles. The zero-order chi connectivity index (χ0) is 23.2. The Morgan fingerprint density at radius 2 is 1.65 bits per heavy atom. The molecule has 176 valence electrons. The molecule has 0 heterocycles. The predicted octanol–water partition coefficient (Wildman–Crippen LogP) is 2.13. The van der Waals surface area contributed by atoms with E-state index >= 15 is 0 Å². The molecule has 0 aromatic rings. The Hall–Kier alpha value is -1.67. The second-order valence-electron chi connectivity index (χ2n) is 10.9. The van der Waals surface area contributed by atoms with E-state index in [2.05, 4.69) is 0 Å². The van der Waals surface area contributed by atoms with E-state index in [-0.39, 0.29) is 24.2 Å². The molecule has 4 saturated carbocycles. The van der Waals surface area contributed by atoms with E-state index in [4.69, 9.17) is 14.2 Å². The number of esters is 3. The summed E-state index contributed by atoms with van der Waals surface area (Å²) >= 11 is 0. The third kappa shape index (κ3) is 4.60. The fourth-order valence-corrected chi connectivity index (χ4v) is 6.45.